The highest BCUT2D eigenvalue weighted by molar-refractivity contribution is 5.55. The molecule has 0 unspecified atom stereocenters. The first-order chi connectivity index (χ1) is 14.6. The van der Waals surface area contributed by atoms with Crippen LogP contribution >= 0.6 is 0 Å². The second-order valence-electron chi connectivity index (χ2n) is 9.37. The van der Waals surface area contributed by atoms with E-state index in [1.807, 2.05) is 34.6 Å². The predicted molar refractivity (Wildman–Crippen MR) is 119 cm³/mol. The summed E-state index contributed by atoms with van der Waals surface area (Å²) in [5.41, 5.74) is -0.594. The lowest BCUT2D eigenvalue weighted by molar-refractivity contribution is 0.173. The van der Waals surface area contributed by atoms with Crippen LogP contribution in [-0.4, -0.2) is 27.2 Å². The third-order valence-electron chi connectivity index (χ3n) is 5.18. The van der Waals surface area contributed by atoms with E-state index in [9.17, 15) is 9.18 Å². The maximum Gasteiger partial charge on any atom is 0.355 e. The Kier molecular flexibility index (Phi) is 7.18. The summed E-state index contributed by atoms with van der Waals surface area (Å²) in [4.78, 5) is 21.3. The summed E-state index contributed by atoms with van der Waals surface area (Å²) in [7, 11) is 0. The fourth-order valence-electron chi connectivity index (χ4n) is 3.72. The van der Waals surface area contributed by atoms with Crippen molar-refractivity contribution in [2.75, 3.05) is 11.9 Å². The minimum Gasteiger partial charge on any atom is -0.488 e. The van der Waals surface area contributed by atoms with Crippen molar-refractivity contribution in [1.29, 1.82) is 0 Å². The average molecular weight is 433 g/mol. The van der Waals surface area contributed by atoms with Gasteiger partial charge in [-0.1, -0.05) is 19.3 Å². The van der Waals surface area contributed by atoms with Crippen molar-refractivity contribution in [2.24, 2.45) is 5.92 Å². The predicted octanol–water partition coefficient (Wildman–Crippen LogP) is 5.02. The molecule has 0 bridgehead atoms. The zero-order valence-corrected chi connectivity index (χ0v) is 19.1. The molecule has 1 aromatic carbocycles. The van der Waals surface area contributed by atoms with Crippen molar-refractivity contribution < 1.29 is 13.9 Å². The summed E-state index contributed by atoms with van der Waals surface area (Å²) in [6, 6.07) is 4.70. The number of hydrogen-bond acceptors (Lipinski definition) is 6. The van der Waals surface area contributed by atoms with E-state index in [1.165, 1.54) is 36.0 Å². The van der Waals surface area contributed by atoms with Crippen molar-refractivity contribution in [2.45, 2.75) is 78.4 Å². The zero-order chi connectivity index (χ0) is 22.6. The fraction of sp³-hybridized carbons (Fsp3) is 0.609. The van der Waals surface area contributed by atoms with Gasteiger partial charge in [0.1, 0.15) is 0 Å². The number of aromatic nitrogens is 3. The third kappa shape index (κ3) is 6.18. The SMILES string of the molecule is CC(C)Oc1ccc(Nc2nc(OCC3CCCCC3)n(C(C)(C)C)c(=O)n2)cc1F. The molecule has 1 aromatic heterocycles. The van der Waals surface area contributed by atoms with Crippen LogP contribution in [0.1, 0.15) is 66.7 Å². The molecule has 0 radical (unpaired) electrons. The van der Waals surface area contributed by atoms with Crippen LogP contribution in [0.15, 0.2) is 23.0 Å². The molecule has 8 heteroatoms. The van der Waals surface area contributed by atoms with Gasteiger partial charge in [-0.25, -0.2) is 13.8 Å². The molecule has 170 valence electrons. The van der Waals surface area contributed by atoms with Crippen molar-refractivity contribution in [3.63, 3.8) is 0 Å². The molecule has 0 aliphatic heterocycles. The van der Waals surface area contributed by atoms with E-state index in [0.29, 0.717) is 18.2 Å². The molecule has 1 aliphatic rings. The van der Waals surface area contributed by atoms with Crippen LogP contribution in [0.25, 0.3) is 0 Å². The molecular weight excluding hydrogens is 399 g/mol. The summed E-state index contributed by atoms with van der Waals surface area (Å²) >= 11 is 0. The normalized spacial score (nSPS) is 15.2. The van der Waals surface area contributed by atoms with E-state index in [1.54, 1.807) is 6.07 Å². The lowest BCUT2D eigenvalue weighted by Crippen LogP contribution is -2.38. The van der Waals surface area contributed by atoms with Crippen LogP contribution in [0.4, 0.5) is 16.0 Å². The fourth-order valence-corrected chi connectivity index (χ4v) is 3.72. The number of nitrogens with zero attached hydrogens (tertiary/aromatic N) is 3. The van der Waals surface area contributed by atoms with E-state index < -0.39 is 17.0 Å². The van der Waals surface area contributed by atoms with Gasteiger partial charge in [0.15, 0.2) is 11.6 Å². The smallest absolute Gasteiger partial charge is 0.355 e. The van der Waals surface area contributed by atoms with Crippen LogP contribution in [0, 0.1) is 11.7 Å². The zero-order valence-electron chi connectivity index (χ0n) is 19.1. The molecule has 7 nitrogen and oxygen atoms in total. The highest BCUT2D eigenvalue weighted by atomic mass is 19.1. The Bertz CT molecular complexity index is 947. The second kappa shape index (κ2) is 9.66. The maximum atomic E-state index is 14.3. The van der Waals surface area contributed by atoms with E-state index in [0.717, 1.165) is 12.8 Å². The number of rotatable bonds is 7. The molecule has 1 aliphatic carbocycles. The monoisotopic (exact) mass is 432 g/mol. The van der Waals surface area contributed by atoms with Gasteiger partial charge in [0.25, 0.3) is 0 Å². The summed E-state index contributed by atoms with van der Waals surface area (Å²) in [5.74, 6) is 0.198. The molecule has 1 heterocycles. The largest absolute Gasteiger partial charge is 0.488 e. The minimum absolute atomic E-state index is 0.0704. The van der Waals surface area contributed by atoms with Crippen LogP contribution < -0.4 is 20.5 Å². The minimum atomic E-state index is -0.542. The molecular formula is C23H33FN4O3. The quantitative estimate of drug-likeness (QED) is 0.662. The second-order valence-corrected chi connectivity index (χ2v) is 9.37. The molecule has 0 atom stereocenters. The molecule has 1 saturated carbocycles. The highest BCUT2D eigenvalue weighted by Gasteiger charge is 2.24. The summed E-state index contributed by atoms with van der Waals surface area (Å²) in [5, 5.41) is 2.91. The first-order valence-corrected chi connectivity index (χ1v) is 11.0. The lowest BCUT2D eigenvalue weighted by Gasteiger charge is -2.26. The average Bonchev–Trinajstić information content (AvgIpc) is 2.67. The first kappa shape index (κ1) is 23.0. The molecule has 2 aromatic rings. The Morgan fingerprint density at radius 1 is 1.19 bits per heavy atom. The van der Waals surface area contributed by atoms with E-state index in [-0.39, 0.29) is 23.8 Å². The van der Waals surface area contributed by atoms with E-state index >= 15 is 0 Å². The van der Waals surface area contributed by atoms with Crippen LogP contribution in [0.5, 0.6) is 11.8 Å². The van der Waals surface area contributed by atoms with Gasteiger partial charge in [-0.3, -0.25) is 0 Å². The highest BCUT2D eigenvalue weighted by Crippen LogP contribution is 2.27. The molecule has 0 saturated heterocycles. The van der Waals surface area contributed by atoms with Gasteiger partial charge in [0.2, 0.25) is 5.95 Å². The third-order valence-corrected chi connectivity index (χ3v) is 5.18. The van der Waals surface area contributed by atoms with Crippen LogP contribution in [0.3, 0.4) is 0 Å². The van der Waals surface area contributed by atoms with Gasteiger partial charge in [-0.05, 0) is 65.5 Å². The molecule has 0 amide bonds. The van der Waals surface area contributed by atoms with Gasteiger partial charge in [0, 0.05) is 17.3 Å². The summed E-state index contributed by atoms with van der Waals surface area (Å²) < 4.78 is 27.2. The lowest BCUT2D eigenvalue weighted by atomic mass is 9.90. The van der Waals surface area contributed by atoms with E-state index in [4.69, 9.17) is 9.47 Å². The Morgan fingerprint density at radius 2 is 1.90 bits per heavy atom. The van der Waals surface area contributed by atoms with Crippen molar-refractivity contribution in [1.82, 2.24) is 14.5 Å². The van der Waals surface area contributed by atoms with Gasteiger partial charge in [0.05, 0.1) is 12.7 Å². The Labute approximate surface area is 183 Å². The Balaban J connectivity index is 1.84. The molecule has 1 N–H and O–H groups in total. The van der Waals surface area contributed by atoms with Crippen molar-refractivity contribution >= 4 is 11.6 Å². The number of anilines is 2. The number of benzene rings is 1. The number of nitrogens with one attached hydrogen (secondary N) is 1. The maximum absolute atomic E-state index is 14.3. The Hall–Kier alpha value is -2.64. The molecule has 1 fully saturated rings. The topological polar surface area (TPSA) is 78.3 Å². The summed E-state index contributed by atoms with van der Waals surface area (Å²) in [6.07, 6.45) is 5.80. The van der Waals surface area contributed by atoms with E-state index in [2.05, 4.69) is 15.3 Å². The van der Waals surface area contributed by atoms with Crippen LogP contribution in [0.2, 0.25) is 0 Å². The number of hydrogen-bond donors (Lipinski definition) is 1. The van der Waals surface area contributed by atoms with Gasteiger partial charge >= 0.3 is 11.7 Å². The van der Waals surface area contributed by atoms with Crippen molar-refractivity contribution in [3.8, 4) is 11.8 Å². The number of ether oxygens (including phenoxy) is 2. The molecule has 3 rings (SSSR count). The van der Waals surface area contributed by atoms with Gasteiger partial charge in [-0.2, -0.15) is 9.97 Å². The standard InChI is InChI=1S/C23H33FN4O3/c1-15(2)31-19-12-11-17(13-18(19)24)25-20-26-21(29)28(23(3,4)5)22(27-20)30-14-16-9-7-6-8-10-16/h11-13,15-16H,6-10,14H2,1-5H3,(H,25,26,29). The first-order valence-electron chi connectivity index (χ1n) is 11.0. The number of halogens is 1. The Morgan fingerprint density at radius 3 is 2.52 bits per heavy atom. The van der Waals surface area contributed by atoms with Crippen LogP contribution in [-0.2, 0) is 5.54 Å². The van der Waals surface area contributed by atoms with Gasteiger partial charge in [-0.15, -0.1) is 0 Å². The van der Waals surface area contributed by atoms with Gasteiger partial charge < -0.3 is 14.8 Å². The molecule has 0 spiro atoms. The molecule has 31 heavy (non-hydrogen) atoms. The van der Waals surface area contributed by atoms with Crippen molar-refractivity contribution in [3.05, 3.63) is 34.5 Å². The summed E-state index contributed by atoms with van der Waals surface area (Å²) in [6.45, 7) is 9.89.